The summed E-state index contributed by atoms with van der Waals surface area (Å²) in [6.45, 7) is 4.80. The van der Waals surface area contributed by atoms with E-state index in [1.54, 1.807) is 17.1 Å². The molecule has 176 valence electrons. The van der Waals surface area contributed by atoms with Crippen LogP contribution in [0.3, 0.4) is 0 Å². The van der Waals surface area contributed by atoms with Crippen LogP contribution in [0.5, 0.6) is 0 Å². The number of unbranched alkanes of at least 4 members (excludes halogenated alkanes) is 3. The van der Waals surface area contributed by atoms with Crippen molar-refractivity contribution in [1.82, 2.24) is 19.3 Å². The zero-order valence-electron chi connectivity index (χ0n) is 19.3. The normalized spacial score (nSPS) is 11.0. The number of rotatable bonds is 11. The Labute approximate surface area is 192 Å². The van der Waals surface area contributed by atoms with Crippen molar-refractivity contribution in [3.63, 3.8) is 0 Å². The number of nitrogens with one attached hydrogen (secondary N) is 1. The van der Waals surface area contributed by atoms with E-state index < -0.39 is 11.2 Å². The fourth-order valence-corrected chi connectivity index (χ4v) is 3.70. The van der Waals surface area contributed by atoms with Crippen molar-refractivity contribution >= 4 is 17.4 Å². The summed E-state index contributed by atoms with van der Waals surface area (Å²) in [7, 11) is 0. The van der Waals surface area contributed by atoms with Gasteiger partial charge in [-0.2, -0.15) is 5.10 Å². The van der Waals surface area contributed by atoms with Crippen LogP contribution in [0.4, 0.5) is 11.5 Å². The molecule has 0 saturated heterocycles. The number of carbonyl (C=O) groups is 1. The standard InChI is InChI=1S/C24H32N6O3/c1-3-5-10-14-28(21-22(25)29(13-6-4-2)24(33)27-23(21)32)20(31)15-18-16-26-30(17-18)19-11-8-7-9-12-19/h7-9,11-12,16-17H,3-6,10,13-15,25H2,1-2H3,(H,27,32,33). The number of benzene rings is 1. The lowest BCUT2D eigenvalue weighted by Gasteiger charge is -2.24. The molecule has 0 aliphatic carbocycles. The highest BCUT2D eigenvalue weighted by Crippen LogP contribution is 2.20. The molecule has 0 fully saturated rings. The second kappa shape index (κ2) is 11.3. The number of anilines is 2. The minimum Gasteiger partial charge on any atom is -0.383 e. The van der Waals surface area contributed by atoms with Crippen LogP contribution in [0.1, 0.15) is 51.5 Å². The van der Waals surface area contributed by atoms with E-state index in [1.165, 1.54) is 9.47 Å². The van der Waals surface area contributed by atoms with Crippen LogP contribution in [0.25, 0.3) is 5.69 Å². The van der Waals surface area contributed by atoms with E-state index in [2.05, 4.69) is 17.0 Å². The SMILES string of the molecule is CCCCCN(C(=O)Cc1cnn(-c2ccccc2)c1)c1c(N)n(CCCC)c(=O)[nH]c1=O. The van der Waals surface area contributed by atoms with Crippen molar-refractivity contribution in [3.8, 4) is 5.69 Å². The first-order valence-corrected chi connectivity index (χ1v) is 11.5. The van der Waals surface area contributed by atoms with Gasteiger partial charge in [0.15, 0.2) is 5.69 Å². The van der Waals surface area contributed by atoms with Crippen molar-refractivity contribution in [2.24, 2.45) is 0 Å². The van der Waals surface area contributed by atoms with Gasteiger partial charge in [0.05, 0.1) is 18.3 Å². The van der Waals surface area contributed by atoms with Gasteiger partial charge in [0.2, 0.25) is 5.91 Å². The highest BCUT2D eigenvalue weighted by molar-refractivity contribution is 5.96. The molecule has 0 aliphatic heterocycles. The highest BCUT2D eigenvalue weighted by Gasteiger charge is 2.24. The number of amides is 1. The largest absolute Gasteiger partial charge is 0.383 e. The number of nitrogen functional groups attached to an aromatic ring is 1. The Morgan fingerprint density at radius 3 is 2.52 bits per heavy atom. The molecule has 0 atom stereocenters. The second-order valence-corrected chi connectivity index (χ2v) is 8.06. The molecule has 0 unspecified atom stereocenters. The van der Waals surface area contributed by atoms with Crippen LogP contribution in [0, 0.1) is 0 Å². The lowest BCUT2D eigenvalue weighted by atomic mass is 10.2. The maximum absolute atomic E-state index is 13.4. The van der Waals surface area contributed by atoms with Gasteiger partial charge in [-0.25, -0.2) is 9.48 Å². The molecule has 1 amide bonds. The molecule has 3 N–H and O–H groups in total. The Kier molecular flexibility index (Phi) is 8.23. The Morgan fingerprint density at radius 2 is 1.82 bits per heavy atom. The van der Waals surface area contributed by atoms with E-state index in [9.17, 15) is 14.4 Å². The quantitative estimate of drug-likeness (QED) is 0.434. The molecule has 33 heavy (non-hydrogen) atoms. The van der Waals surface area contributed by atoms with Crippen molar-refractivity contribution in [3.05, 3.63) is 69.1 Å². The molecule has 1 aromatic carbocycles. The van der Waals surface area contributed by atoms with Crippen LogP contribution in [-0.4, -0.2) is 31.8 Å². The number of H-pyrrole nitrogens is 1. The first-order chi connectivity index (χ1) is 16.0. The molecule has 2 heterocycles. The first kappa shape index (κ1) is 24.0. The van der Waals surface area contributed by atoms with E-state index in [1.807, 2.05) is 37.3 Å². The summed E-state index contributed by atoms with van der Waals surface area (Å²) < 4.78 is 3.05. The van der Waals surface area contributed by atoms with Gasteiger partial charge in [-0.3, -0.25) is 19.1 Å². The molecule has 3 aromatic rings. The summed E-state index contributed by atoms with van der Waals surface area (Å²) >= 11 is 0. The van der Waals surface area contributed by atoms with Gasteiger partial charge in [-0.05, 0) is 30.5 Å². The molecular formula is C24H32N6O3. The van der Waals surface area contributed by atoms with E-state index in [-0.39, 0.29) is 23.8 Å². The third-order valence-corrected chi connectivity index (χ3v) is 5.52. The Bertz CT molecular complexity index is 1180. The number of carbonyl (C=O) groups excluding carboxylic acids is 1. The molecule has 0 radical (unpaired) electrons. The van der Waals surface area contributed by atoms with Crippen molar-refractivity contribution < 1.29 is 4.79 Å². The Morgan fingerprint density at radius 1 is 1.09 bits per heavy atom. The molecule has 3 rings (SSSR count). The van der Waals surface area contributed by atoms with Gasteiger partial charge in [-0.1, -0.05) is 51.3 Å². The zero-order chi connectivity index (χ0) is 23.8. The van der Waals surface area contributed by atoms with Crippen LogP contribution >= 0.6 is 0 Å². The summed E-state index contributed by atoms with van der Waals surface area (Å²) in [4.78, 5) is 42.2. The predicted octanol–water partition coefficient (Wildman–Crippen LogP) is 2.87. The van der Waals surface area contributed by atoms with Gasteiger partial charge in [0.25, 0.3) is 5.56 Å². The van der Waals surface area contributed by atoms with Gasteiger partial charge >= 0.3 is 5.69 Å². The van der Waals surface area contributed by atoms with Crippen molar-refractivity contribution in [2.45, 2.75) is 58.9 Å². The summed E-state index contributed by atoms with van der Waals surface area (Å²) in [6.07, 6.45) is 7.70. The summed E-state index contributed by atoms with van der Waals surface area (Å²) in [5.41, 5.74) is 6.73. The van der Waals surface area contributed by atoms with Crippen LogP contribution < -0.4 is 21.9 Å². The predicted molar refractivity (Wildman–Crippen MR) is 130 cm³/mol. The molecule has 9 nitrogen and oxygen atoms in total. The van der Waals surface area contributed by atoms with Crippen LogP contribution in [0.2, 0.25) is 0 Å². The third-order valence-electron chi connectivity index (χ3n) is 5.52. The number of hydrogen-bond donors (Lipinski definition) is 2. The average Bonchev–Trinajstić information content (AvgIpc) is 3.27. The maximum Gasteiger partial charge on any atom is 0.330 e. The molecule has 0 spiro atoms. The second-order valence-electron chi connectivity index (χ2n) is 8.06. The topological polar surface area (TPSA) is 119 Å². The number of aromatic amines is 1. The summed E-state index contributed by atoms with van der Waals surface area (Å²) in [6, 6.07) is 9.61. The van der Waals surface area contributed by atoms with E-state index in [4.69, 9.17) is 5.73 Å². The monoisotopic (exact) mass is 452 g/mol. The van der Waals surface area contributed by atoms with E-state index >= 15 is 0 Å². The lowest BCUT2D eigenvalue weighted by molar-refractivity contribution is -0.118. The summed E-state index contributed by atoms with van der Waals surface area (Å²) in [5, 5.41) is 4.35. The average molecular weight is 453 g/mol. The minimum absolute atomic E-state index is 0.0297. The number of hydrogen-bond acceptors (Lipinski definition) is 5. The fourth-order valence-electron chi connectivity index (χ4n) is 3.70. The molecule has 0 saturated carbocycles. The molecule has 0 bridgehead atoms. The smallest absolute Gasteiger partial charge is 0.330 e. The molecule has 2 aromatic heterocycles. The van der Waals surface area contributed by atoms with Crippen LogP contribution in [0.15, 0.2) is 52.3 Å². The Balaban J connectivity index is 1.92. The van der Waals surface area contributed by atoms with Crippen LogP contribution in [-0.2, 0) is 17.8 Å². The fraction of sp³-hybridized carbons (Fsp3) is 0.417. The van der Waals surface area contributed by atoms with Gasteiger partial charge in [0.1, 0.15) is 5.82 Å². The van der Waals surface area contributed by atoms with E-state index in [0.29, 0.717) is 13.1 Å². The van der Waals surface area contributed by atoms with Crippen molar-refractivity contribution in [2.75, 3.05) is 17.2 Å². The molecule has 0 aliphatic rings. The van der Waals surface area contributed by atoms with Gasteiger partial charge in [0, 0.05) is 19.3 Å². The summed E-state index contributed by atoms with van der Waals surface area (Å²) in [5.74, 6) is -0.237. The number of nitrogens with two attached hydrogens (primary N) is 1. The Hall–Kier alpha value is -3.62. The third kappa shape index (κ3) is 5.79. The van der Waals surface area contributed by atoms with Gasteiger partial charge < -0.3 is 10.6 Å². The van der Waals surface area contributed by atoms with Crippen molar-refractivity contribution in [1.29, 1.82) is 0 Å². The molecular weight excluding hydrogens is 420 g/mol. The number of nitrogens with zero attached hydrogens (tertiary/aromatic N) is 4. The number of para-hydroxylation sites is 1. The number of aromatic nitrogens is 4. The maximum atomic E-state index is 13.4. The lowest BCUT2D eigenvalue weighted by Crippen LogP contribution is -2.42. The zero-order valence-corrected chi connectivity index (χ0v) is 19.3. The minimum atomic E-state index is -0.643. The molecule has 9 heteroatoms. The first-order valence-electron chi connectivity index (χ1n) is 11.5. The van der Waals surface area contributed by atoms with E-state index in [0.717, 1.165) is 43.4 Å². The highest BCUT2D eigenvalue weighted by atomic mass is 16.2. The van der Waals surface area contributed by atoms with Gasteiger partial charge in [-0.15, -0.1) is 0 Å².